The van der Waals surface area contributed by atoms with Gasteiger partial charge < -0.3 is 5.11 Å². The Balaban J connectivity index is 2.30. The Bertz CT molecular complexity index is 1050. The van der Waals surface area contributed by atoms with Crippen molar-refractivity contribution < 1.29 is 22.7 Å². The van der Waals surface area contributed by atoms with Crippen molar-refractivity contribution >= 4 is 15.9 Å². The van der Waals surface area contributed by atoms with Crippen molar-refractivity contribution in [1.82, 2.24) is 0 Å². The Morgan fingerprint density at radius 3 is 1.94 bits per heavy atom. The van der Waals surface area contributed by atoms with Crippen LogP contribution in [-0.4, -0.2) is 19.4 Å². The summed E-state index contributed by atoms with van der Waals surface area (Å²) in [6, 6.07) is 8.37. The summed E-state index contributed by atoms with van der Waals surface area (Å²) >= 11 is 0. The van der Waals surface area contributed by atoms with E-state index in [4.69, 9.17) is 0 Å². The molecule has 0 aromatic heterocycles. The molecular weight excluding hydrogens is 419 g/mol. The summed E-state index contributed by atoms with van der Waals surface area (Å²) in [6.45, 7) is 10.8. The summed E-state index contributed by atoms with van der Waals surface area (Å²) < 4.78 is 42.2. The molecular formula is C23H29FN2O4S. The molecule has 6 nitrogen and oxygen atoms in total. The summed E-state index contributed by atoms with van der Waals surface area (Å²) in [7, 11) is -4.17. The summed E-state index contributed by atoms with van der Waals surface area (Å²) in [6.07, 6.45) is -0.169. The number of carbonyl (C=O) groups is 1. The van der Waals surface area contributed by atoms with Crippen molar-refractivity contribution in [2.75, 3.05) is 0 Å². The number of nitrogens with zero attached hydrogens (tertiary/aromatic N) is 2. The number of hydrogen-bond donors (Lipinski definition) is 1. The zero-order valence-electron chi connectivity index (χ0n) is 18.7. The van der Waals surface area contributed by atoms with Crippen molar-refractivity contribution in [1.29, 1.82) is 0 Å². The number of aliphatic hydroxyl groups is 1. The van der Waals surface area contributed by atoms with Gasteiger partial charge in [0.1, 0.15) is 5.82 Å². The lowest BCUT2D eigenvalue weighted by Crippen LogP contribution is -2.15. The SMILES string of the molecule is CC(C)c1cc(F)cc(C(C)C)c1CC(=O)N=NS(=O)(=O)c1ccc(C(C)(C)O)cc1. The minimum absolute atomic E-state index is 0.0223. The first kappa shape index (κ1) is 24.8. The van der Waals surface area contributed by atoms with Crippen LogP contribution in [0.15, 0.2) is 50.9 Å². The van der Waals surface area contributed by atoms with E-state index in [0.29, 0.717) is 22.3 Å². The maximum Gasteiger partial charge on any atom is 0.299 e. The first-order chi connectivity index (χ1) is 14.2. The summed E-state index contributed by atoms with van der Waals surface area (Å²) in [5, 5.41) is 13.4. The van der Waals surface area contributed by atoms with E-state index in [1.165, 1.54) is 36.4 Å². The number of hydrogen-bond acceptors (Lipinski definition) is 4. The van der Waals surface area contributed by atoms with Gasteiger partial charge in [-0.2, -0.15) is 8.42 Å². The molecule has 1 amide bonds. The van der Waals surface area contributed by atoms with E-state index in [9.17, 15) is 22.7 Å². The molecule has 0 aliphatic carbocycles. The zero-order chi connectivity index (χ0) is 23.6. The van der Waals surface area contributed by atoms with Crippen LogP contribution in [0.2, 0.25) is 0 Å². The molecule has 0 unspecified atom stereocenters. The maximum absolute atomic E-state index is 14.0. The normalized spacial score (nSPS) is 12.8. The quantitative estimate of drug-likeness (QED) is 0.588. The number of rotatable bonds is 7. The fourth-order valence-electron chi connectivity index (χ4n) is 3.28. The van der Waals surface area contributed by atoms with Crippen LogP contribution < -0.4 is 0 Å². The van der Waals surface area contributed by atoms with Crippen molar-refractivity contribution in [3.63, 3.8) is 0 Å². The van der Waals surface area contributed by atoms with Crippen LogP contribution in [0.3, 0.4) is 0 Å². The topological polar surface area (TPSA) is 96.2 Å². The minimum atomic E-state index is -4.17. The fraction of sp³-hybridized carbons (Fsp3) is 0.435. The fourth-order valence-corrected chi connectivity index (χ4v) is 4.05. The Morgan fingerprint density at radius 2 is 1.52 bits per heavy atom. The zero-order valence-corrected chi connectivity index (χ0v) is 19.5. The maximum atomic E-state index is 14.0. The van der Waals surface area contributed by atoms with E-state index in [2.05, 4.69) is 9.63 Å². The van der Waals surface area contributed by atoms with Crippen LogP contribution in [0.4, 0.5) is 4.39 Å². The summed E-state index contributed by atoms with van der Waals surface area (Å²) in [4.78, 5) is 12.3. The standard InChI is InChI=1S/C23H29FN2O4S/c1-14(2)19-11-17(24)12-20(15(3)4)21(19)13-22(27)25-26-31(29,30)18-9-7-16(8-10-18)23(5,6)28/h7-12,14-15,28H,13H2,1-6H3. The lowest BCUT2D eigenvalue weighted by atomic mass is 9.87. The monoisotopic (exact) mass is 448 g/mol. The van der Waals surface area contributed by atoms with Crippen molar-refractivity contribution in [2.24, 2.45) is 9.63 Å². The highest BCUT2D eigenvalue weighted by molar-refractivity contribution is 7.90. The second-order valence-electron chi connectivity index (χ2n) is 8.68. The van der Waals surface area contributed by atoms with Crippen LogP contribution in [0, 0.1) is 5.82 Å². The molecule has 0 fully saturated rings. The van der Waals surface area contributed by atoms with Gasteiger partial charge in [0.05, 0.1) is 16.9 Å². The molecule has 0 radical (unpaired) electrons. The summed E-state index contributed by atoms with van der Waals surface area (Å²) in [5.74, 6) is -1.15. The Kier molecular flexibility index (Phi) is 7.49. The molecule has 0 saturated heterocycles. The lowest BCUT2D eigenvalue weighted by molar-refractivity contribution is -0.117. The van der Waals surface area contributed by atoms with Gasteiger partial charge in [0, 0.05) is 0 Å². The molecule has 0 aliphatic rings. The second kappa shape index (κ2) is 9.36. The highest BCUT2D eigenvalue weighted by Gasteiger charge is 2.21. The van der Waals surface area contributed by atoms with E-state index in [1.54, 1.807) is 13.8 Å². The van der Waals surface area contributed by atoms with E-state index in [0.717, 1.165) is 0 Å². The van der Waals surface area contributed by atoms with Gasteiger partial charge in [-0.05, 0) is 72.2 Å². The minimum Gasteiger partial charge on any atom is -0.386 e. The molecule has 8 heteroatoms. The largest absolute Gasteiger partial charge is 0.386 e. The smallest absolute Gasteiger partial charge is 0.299 e. The van der Waals surface area contributed by atoms with E-state index >= 15 is 0 Å². The molecule has 0 saturated carbocycles. The first-order valence-corrected chi connectivity index (χ1v) is 11.5. The van der Waals surface area contributed by atoms with Crippen LogP contribution in [0.25, 0.3) is 0 Å². The lowest BCUT2D eigenvalue weighted by Gasteiger charge is -2.19. The summed E-state index contributed by atoms with van der Waals surface area (Å²) in [5.41, 5.74) is 1.46. The third kappa shape index (κ3) is 6.27. The Labute approximate surface area is 183 Å². The molecule has 31 heavy (non-hydrogen) atoms. The van der Waals surface area contributed by atoms with E-state index in [1.807, 2.05) is 27.7 Å². The molecule has 2 aromatic carbocycles. The van der Waals surface area contributed by atoms with Gasteiger partial charge in [0.25, 0.3) is 15.9 Å². The molecule has 168 valence electrons. The predicted octanol–water partition coefficient (Wildman–Crippen LogP) is 5.21. The molecule has 0 atom stereocenters. The molecule has 0 aliphatic heterocycles. The first-order valence-electron chi connectivity index (χ1n) is 10.1. The van der Waals surface area contributed by atoms with Crippen molar-refractivity contribution in [3.05, 3.63) is 64.5 Å². The van der Waals surface area contributed by atoms with Gasteiger partial charge in [-0.1, -0.05) is 49.5 Å². The predicted molar refractivity (Wildman–Crippen MR) is 117 cm³/mol. The average molecular weight is 449 g/mol. The van der Waals surface area contributed by atoms with Crippen LogP contribution in [0.1, 0.15) is 75.6 Å². The third-order valence-electron chi connectivity index (χ3n) is 4.97. The highest BCUT2D eigenvalue weighted by atomic mass is 32.2. The van der Waals surface area contributed by atoms with Gasteiger partial charge in [-0.25, -0.2) is 4.39 Å². The molecule has 0 bridgehead atoms. The Hall–Kier alpha value is -2.45. The van der Waals surface area contributed by atoms with Gasteiger partial charge in [0.15, 0.2) is 0 Å². The number of sulfonamides is 1. The highest BCUT2D eigenvalue weighted by Crippen LogP contribution is 2.30. The van der Waals surface area contributed by atoms with E-state index in [-0.39, 0.29) is 29.0 Å². The molecule has 0 heterocycles. The van der Waals surface area contributed by atoms with Crippen molar-refractivity contribution in [3.8, 4) is 0 Å². The molecule has 2 rings (SSSR count). The van der Waals surface area contributed by atoms with Gasteiger partial charge in [-0.15, -0.1) is 0 Å². The van der Waals surface area contributed by atoms with Gasteiger partial charge in [-0.3, -0.25) is 4.79 Å². The number of carbonyl (C=O) groups excluding carboxylic acids is 1. The van der Waals surface area contributed by atoms with Crippen LogP contribution in [-0.2, 0) is 26.8 Å². The van der Waals surface area contributed by atoms with Crippen LogP contribution in [0.5, 0.6) is 0 Å². The van der Waals surface area contributed by atoms with E-state index < -0.39 is 21.5 Å². The van der Waals surface area contributed by atoms with Crippen molar-refractivity contribution in [2.45, 2.75) is 70.3 Å². The number of halogens is 1. The molecule has 0 spiro atoms. The van der Waals surface area contributed by atoms with Crippen LogP contribution >= 0.6 is 0 Å². The van der Waals surface area contributed by atoms with Gasteiger partial charge in [0.2, 0.25) is 0 Å². The Morgan fingerprint density at radius 1 is 1.03 bits per heavy atom. The molecule has 2 aromatic rings. The number of amides is 1. The second-order valence-corrected chi connectivity index (χ2v) is 10.3. The third-order valence-corrected chi connectivity index (χ3v) is 6.14. The van der Waals surface area contributed by atoms with Gasteiger partial charge >= 0.3 is 0 Å². The average Bonchev–Trinajstić information content (AvgIpc) is 2.66. The number of benzene rings is 2. The molecule has 1 N–H and O–H groups in total.